The van der Waals surface area contributed by atoms with Gasteiger partial charge >= 0.3 is 108 Å². The van der Waals surface area contributed by atoms with E-state index < -0.39 is 5.97 Å². The second kappa shape index (κ2) is 11.4. The van der Waals surface area contributed by atoms with E-state index >= 15 is 0 Å². The van der Waals surface area contributed by atoms with E-state index in [4.69, 9.17) is 19.7 Å². The Kier molecular flexibility index (Phi) is 11.1. The molecule has 1 aromatic rings. The fraction of sp³-hybridized carbons (Fsp3) is 0.500. The average Bonchev–Trinajstić information content (AvgIpc) is 2.39. The minimum atomic E-state index is -0.833. The molecule has 0 fully saturated rings. The van der Waals surface area contributed by atoms with Crippen LogP contribution in [0.2, 0.25) is 0 Å². The van der Waals surface area contributed by atoms with E-state index in [1.807, 2.05) is 6.07 Å². The van der Waals surface area contributed by atoms with Gasteiger partial charge in [-0.25, -0.2) is 0 Å². The van der Waals surface area contributed by atoms with E-state index in [0.717, 1.165) is 19.8 Å². The minimum absolute atomic E-state index is 0.259. The van der Waals surface area contributed by atoms with Gasteiger partial charge in [-0.05, 0) is 0 Å². The molecule has 0 spiro atoms. The number of carboxylic acid groups (broad SMARTS) is 1. The SMILES string of the molecule is CC(=O)O.COC(CCCO)[CH]([Hg])c1ccccc1. The van der Waals surface area contributed by atoms with Crippen molar-refractivity contribution in [3.05, 3.63) is 35.9 Å². The Bertz CT molecular complexity index is 339. The zero-order chi connectivity index (χ0) is 14.7. The van der Waals surface area contributed by atoms with Crippen LogP contribution < -0.4 is 0 Å². The number of rotatable bonds is 6. The number of hydrogen-bond acceptors (Lipinski definition) is 3. The van der Waals surface area contributed by atoms with Crippen LogP contribution in [0.15, 0.2) is 30.3 Å². The van der Waals surface area contributed by atoms with Crippen molar-refractivity contribution in [1.82, 2.24) is 0 Å². The second-order valence-corrected chi connectivity index (χ2v) is 7.60. The molecule has 1 aromatic carbocycles. The molecular formula is C14H21HgO4. The Morgan fingerprint density at radius 2 is 1.89 bits per heavy atom. The number of carbonyl (C=O) groups is 1. The van der Waals surface area contributed by atoms with Gasteiger partial charge in [0.1, 0.15) is 0 Å². The molecular weight excluding hydrogens is 433 g/mol. The van der Waals surface area contributed by atoms with E-state index in [9.17, 15) is 0 Å². The van der Waals surface area contributed by atoms with Gasteiger partial charge in [0.25, 0.3) is 5.97 Å². The summed E-state index contributed by atoms with van der Waals surface area (Å²) in [4.78, 5) is 9.00. The van der Waals surface area contributed by atoms with Crippen molar-refractivity contribution in [2.24, 2.45) is 0 Å². The van der Waals surface area contributed by atoms with Crippen molar-refractivity contribution in [2.45, 2.75) is 29.3 Å². The van der Waals surface area contributed by atoms with Gasteiger partial charge in [-0.2, -0.15) is 0 Å². The number of aliphatic hydroxyl groups excluding tert-OH is 1. The summed E-state index contributed by atoms with van der Waals surface area (Å²) in [5.41, 5.74) is 1.38. The third-order valence-corrected chi connectivity index (χ3v) is 6.50. The van der Waals surface area contributed by atoms with Gasteiger partial charge in [-0.15, -0.1) is 0 Å². The number of carboxylic acids is 1. The molecule has 19 heavy (non-hydrogen) atoms. The average molecular weight is 454 g/mol. The van der Waals surface area contributed by atoms with Gasteiger partial charge in [0.05, 0.1) is 0 Å². The Labute approximate surface area is 130 Å². The third kappa shape index (κ3) is 9.13. The molecule has 0 bridgehead atoms. The standard InChI is InChI=1S/C12H17O2.C2H4O2.Hg/c1-14-12(8-5-9-13)10-11-6-3-2-4-7-11;1-2(3)4;/h2-4,6-7,10,12-13H,5,8-9H2,1H3;1H3,(H,3,4);. The molecule has 5 heteroatoms. The molecule has 0 heterocycles. The number of ether oxygens (including phenoxy) is 1. The summed E-state index contributed by atoms with van der Waals surface area (Å²) in [7, 11) is 1.77. The Morgan fingerprint density at radius 3 is 2.32 bits per heavy atom. The fourth-order valence-corrected chi connectivity index (χ4v) is 4.41. The number of methoxy groups -OCH3 is 1. The van der Waals surface area contributed by atoms with Crippen LogP contribution in [0.5, 0.6) is 0 Å². The zero-order valence-corrected chi connectivity index (χ0v) is 17.1. The molecule has 0 amide bonds. The van der Waals surface area contributed by atoms with E-state index in [2.05, 4.69) is 24.3 Å². The molecule has 2 unspecified atom stereocenters. The van der Waals surface area contributed by atoms with Crippen molar-refractivity contribution in [3.8, 4) is 0 Å². The van der Waals surface area contributed by atoms with E-state index in [0.29, 0.717) is 29.5 Å². The maximum absolute atomic E-state index is 9.00. The Morgan fingerprint density at radius 1 is 1.37 bits per heavy atom. The number of aliphatic carboxylic acids is 1. The van der Waals surface area contributed by atoms with Crippen molar-refractivity contribution in [3.63, 3.8) is 0 Å². The molecule has 103 valence electrons. The number of aliphatic hydroxyl groups is 1. The number of benzene rings is 1. The monoisotopic (exact) mass is 455 g/mol. The van der Waals surface area contributed by atoms with E-state index in [1.165, 1.54) is 5.56 Å². The second-order valence-electron chi connectivity index (χ2n) is 4.18. The van der Waals surface area contributed by atoms with Crippen LogP contribution in [0.3, 0.4) is 0 Å². The summed E-state index contributed by atoms with van der Waals surface area (Å²) in [6, 6.07) is 10.5. The summed E-state index contributed by atoms with van der Waals surface area (Å²) < 4.78 is 6.08. The Balaban J connectivity index is 0.000000711. The van der Waals surface area contributed by atoms with Gasteiger partial charge < -0.3 is 5.11 Å². The number of hydrogen-bond donors (Lipinski definition) is 2. The van der Waals surface area contributed by atoms with Crippen LogP contribution in [0.1, 0.15) is 28.8 Å². The molecule has 0 radical (unpaired) electrons. The van der Waals surface area contributed by atoms with Crippen LogP contribution in [-0.4, -0.2) is 36.0 Å². The molecule has 0 saturated heterocycles. The summed E-state index contributed by atoms with van der Waals surface area (Å²) in [5, 5.41) is 16.2. The molecule has 0 aromatic heterocycles. The fourth-order valence-electron chi connectivity index (χ4n) is 1.69. The first-order chi connectivity index (χ1) is 9.02. The normalized spacial score (nSPS) is 13.1. The summed E-state index contributed by atoms with van der Waals surface area (Å²) in [6.07, 6.45) is 2.07. The first kappa shape index (κ1) is 18.5. The summed E-state index contributed by atoms with van der Waals surface area (Å²) >= 11 is 0.645. The third-order valence-electron chi connectivity index (χ3n) is 2.63. The van der Waals surface area contributed by atoms with Crippen LogP contribution in [0, 0.1) is 0 Å². The molecule has 0 aliphatic rings. The van der Waals surface area contributed by atoms with Crippen molar-refractivity contribution in [2.75, 3.05) is 13.7 Å². The van der Waals surface area contributed by atoms with E-state index in [1.54, 1.807) is 7.11 Å². The first-order valence-corrected chi connectivity index (χ1v) is 9.41. The summed E-state index contributed by atoms with van der Waals surface area (Å²) in [6.45, 7) is 1.34. The molecule has 0 aliphatic carbocycles. The predicted octanol–water partition coefficient (Wildman–Crippen LogP) is 2.15. The molecule has 4 nitrogen and oxygen atoms in total. The van der Waals surface area contributed by atoms with Crippen LogP contribution in [0.25, 0.3) is 0 Å². The topological polar surface area (TPSA) is 66.8 Å². The van der Waals surface area contributed by atoms with Gasteiger partial charge in [-0.1, -0.05) is 0 Å². The Hall–Kier alpha value is -0.455. The van der Waals surface area contributed by atoms with Crippen LogP contribution in [-0.2, 0) is 35.7 Å². The first-order valence-electron chi connectivity index (χ1n) is 6.24. The van der Waals surface area contributed by atoms with Crippen LogP contribution in [0.4, 0.5) is 0 Å². The zero-order valence-electron chi connectivity index (χ0n) is 11.6. The van der Waals surface area contributed by atoms with E-state index in [-0.39, 0.29) is 12.7 Å². The van der Waals surface area contributed by atoms with Crippen molar-refractivity contribution in [1.29, 1.82) is 0 Å². The molecule has 2 atom stereocenters. The van der Waals surface area contributed by atoms with Gasteiger partial charge in [0, 0.05) is 6.92 Å². The maximum atomic E-state index is 9.00. The molecule has 0 aliphatic heterocycles. The molecule has 2 N–H and O–H groups in total. The van der Waals surface area contributed by atoms with Crippen LogP contribution >= 0.6 is 0 Å². The molecule has 0 saturated carbocycles. The quantitative estimate of drug-likeness (QED) is 0.648. The predicted molar refractivity (Wildman–Crippen MR) is 69.6 cm³/mol. The van der Waals surface area contributed by atoms with Gasteiger partial charge in [0.2, 0.25) is 0 Å². The molecule has 1 rings (SSSR count). The van der Waals surface area contributed by atoms with Gasteiger partial charge in [0.15, 0.2) is 0 Å². The van der Waals surface area contributed by atoms with Gasteiger partial charge in [-0.3, -0.25) is 4.79 Å². The summed E-state index contributed by atoms with van der Waals surface area (Å²) in [5.74, 6) is -0.833. The van der Waals surface area contributed by atoms with Crippen molar-refractivity contribution < 1.29 is 45.9 Å². The van der Waals surface area contributed by atoms with Crippen molar-refractivity contribution >= 4 is 5.97 Å².